The third kappa shape index (κ3) is 5.08. The lowest BCUT2D eigenvalue weighted by atomic mass is 9.98. The SMILES string of the molecule is CCCOc1ccc(Br)cc1CNCC1CCNCC1. The molecule has 20 heavy (non-hydrogen) atoms. The van der Waals surface area contributed by atoms with Gasteiger partial charge in [-0.2, -0.15) is 0 Å². The van der Waals surface area contributed by atoms with Gasteiger partial charge in [-0.3, -0.25) is 0 Å². The summed E-state index contributed by atoms with van der Waals surface area (Å²) in [6.07, 6.45) is 3.60. The van der Waals surface area contributed by atoms with Crippen LogP contribution in [0.5, 0.6) is 5.75 Å². The van der Waals surface area contributed by atoms with Crippen LogP contribution in [0.2, 0.25) is 0 Å². The Labute approximate surface area is 130 Å². The number of halogens is 1. The van der Waals surface area contributed by atoms with Gasteiger partial charge in [-0.05, 0) is 63.0 Å². The van der Waals surface area contributed by atoms with E-state index in [4.69, 9.17) is 4.74 Å². The second-order valence-electron chi connectivity index (χ2n) is 5.42. The number of ether oxygens (including phenoxy) is 1. The Morgan fingerprint density at radius 2 is 2.15 bits per heavy atom. The summed E-state index contributed by atoms with van der Waals surface area (Å²) in [5.74, 6) is 1.82. The van der Waals surface area contributed by atoms with Crippen LogP contribution < -0.4 is 15.4 Å². The number of piperidine rings is 1. The Balaban J connectivity index is 1.85. The van der Waals surface area contributed by atoms with Crippen LogP contribution in [-0.2, 0) is 6.54 Å². The van der Waals surface area contributed by atoms with Crippen molar-refractivity contribution in [3.05, 3.63) is 28.2 Å². The molecule has 1 heterocycles. The number of rotatable bonds is 7. The van der Waals surface area contributed by atoms with Crippen LogP contribution in [0, 0.1) is 5.92 Å². The van der Waals surface area contributed by atoms with Crippen LogP contribution in [0.1, 0.15) is 31.7 Å². The number of hydrogen-bond acceptors (Lipinski definition) is 3. The van der Waals surface area contributed by atoms with Gasteiger partial charge in [0.15, 0.2) is 0 Å². The van der Waals surface area contributed by atoms with Crippen molar-refractivity contribution in [1.82, 2.24) is 10.6 Å². The lowest BCUT2D eigenvalue weighted by molar-refractivity contribution is 0.311. The molecule has 1 aliphatic rings. The van der Waals surface area contributed by atoms with E-state index in [-0.39, 0.29) is 0 Å². The second-order valence-corrected chi connectivity index (χ2v) is 6.34. The molecule has 1 fully saturated rings. The van der Waals surface area contributed by atoms with Crippen molar-refractivity contribution in [3.63, 3.8) is 0 Å². The minimum Gasteiger partial charge on any atom is -0.493 e. The fourth-order valence-corrected chi connectivity index (χ4v) is 2.94. The molecule has 2 rings (SSSR count). The molecule has 1 aliphatic heterocycles. The van der Waals surface area contributed by atoms with E-state index in [1.54, 1.807) is 0 Å². The summed E-state index contributed by atoms with van der Waals surface area (Å²) < 4.78 is 6.92. The molecule has 0 atom stereocenters. The van der Waals surface area contributed by atoms with E-state index < -0.39 is 0 Å². The standard InChI is InChI=1S/C16H25BrN2O/c1-2-9-20-16-4-3-15(17)10-14(16)12-19-11-13-5-7-18-8-6-13/h3-4,10,13,18-19H,2,5-9,11-12H2,1H3. The van der Waals surface area contributed by atoms with E-state index in [0.29, 0.717) is 0 Å². The predicted molar refractivity (Wildman–Crippen MR) is 87.2 cm³/mol. The first-order valence-corrected chi connectivity index (χ1v) is 8.41. The van der Waals surface area contributed by atoms with Gasteiger partial charge in [0.05, 0.1) is 6.61 Å². The zero-order valence-electron chi connectivity index (χ0n) is 12.3. The zero-order chi connectivity index (χ0) is 14.2. The van der Waals surface area contributed by atoms with Crippen LogP contribution in [0.3, 0.4) is 0 Å². The minimum absolute atomic E-state index is 0.781. The highest BCUT2D eigenvalue weighted by molar-refractivity contribution is 9.10. The van der Waals surface area contributed by atoms with Crippen molar-refractivity contribution < 1.29 is 4.74 Å². The molecule has 1 saturated heterocycles. The maximum Gasteiger partial charge on any atom is 0.123 e. The van der Waals surface area contributed by atoms with Crippen LogP contribution in [-0.4, -0.2) is 26.2 Å². The minimum atomic E-state index is 0.781. The molecule has 0 spiro atoms. The number of nitrogens with one attached hydrogen (secondary N) is 2. The number of benzene rings is 1. The van der Waals surface area contributed by atoms with Gasteiger partial charge in [0.1, 0.15) is 5.75 Å². The molecule has 2 N–H and O–H groups in total. The smallest absolute Gasteiger partial charge is 0.123 e. The van der Waals surface area contributed by atoms with E-state index >= 15 is 0 Å². The normalized spacial score (nSPS) is 16.3. The van der Waals surface area contributed by atoms with Gasteiger partial charge in [0.25, 0.3) is 0 Å². The molecule has 0 saturated carbocycles. The average molecular weight is 341 g/mol. The summed E-state index contributed by atoms with van der Waals surface area (Å²) >= 11 is 3.54. The first kappa shape index (κ1) is 15.8. The highest BCUT2D eigenvalue weighted by Gasteiger charge is 2.12. The maximum absolute atomic E-state index is 5.81. The number of hydrogen-bond donors (Lipinski definition) is 2. The first-order chi connectivity index (χ1) is 9.79. The summed E-state index contributed by atoms with van der Waals surface area (Å²) in [7, 11) is 0. The molecule has 0 radical (unpaired) electrons. The molecule has 0 bridgehead atoms. The first-order valence-electron chi connectivity index (χ1n) is 7.62. The van der Waals surface area contributed by atoms with Crippen LogP contribution >= 0.6 is 15.9 Å². The van der Waals surface area contributed by atoms with Crippen LogP contribution in [0.4, 0.5) is 0 Å². The molecule has 0 aliphatic carbocycles. The molecule has 4 heteroatoms. The molecule has 0 unspecified atom stereocenters. The summed E-state index contributed by atoms with van der Waals surface area (Å²) in [6.45, 7) is 7.21. The molecule has 1 aromatic carbocycles. The van der Waals surface area contributed by atoms with E-state index in [1.807, 2.05) is 6.07 Å². The summed E-state index contributed by atoms with van der Waals surface area (Å²) in [5, 5.41) is 7.00. The van der Waals surface area contributed by atoms with Gasteiger partial charge in [-0.1, -0.05) is 22.9 Å². The molecular formula is C16H25BrN2O. The zero-order valence-corrected chi connectivity index (χ0v) is 13.8. The monoisotopic (exact) mass is 340 g/mol. The summed E-state index contributed by atoms with van der Waals surface area (Å²) in [4.78, 5) is 0. The van der Waals surface area contributed by atoms with Gasteiger partial charge in [-0.25, -0.2) is 0 Å². The fraction of sp³-hybridized carbons (Fsp3) is 0.625. The average Bonchev–Trinajstić information content (AvgIpc) is 2.47. The quantitative estimate of drug-likeness (QED) is 0.798. The molecule has 3 nitrogen and oxygen atoms in total. The topological polar surface area (TPSA) is 33.3 Å². The van der Waals surface area contributed by atoms with Crippen molar-refractivity contribution in [2.45, 2.75) is 32.7 Å². The van der Waals surface area contributed by atoms with E-state index in [9.17, 15) is 0 Å². The van der Waals surface area contributed by atoms with Gasteiger partial charge in [0, 0.05) is 16.6 Å². The van der Waals surface area contributed by atoms with E-state index in [1.165, 1.54) is 18.4 Å². The van der Waals surface area contributed by atoms with Crippen molar-refractivity contribution in [2.24, 2.45) is 5.92 Å². The Morgan fingerprint density at radius 3 is 2.90 bits per heavy atom. The van der Waals surface area contributed by atoms with E-state index in [0.717, 1.165) is 55.3 Å². The Morgan fingerprint density at radius 1 is 1.35 bits per heavy atom. The Bertz CT molecular complexity index is 405. The van der Waals surface area contributed by atoms with Crippen molar-refractivity contribution in [1.29, 1.82) is 0 Å². The molecule has 0 aromatic heterocycles. The Kier molecular flexibility index (Phi) is 6.83. The fourth-order valence-electron chi connectivity index (χ4n) is 2.54. The van der Waals surface area contributed by atoms with Crippen LogP contribution in [0.25, 0.3) is 0 Å². The third-order valence-electron chi connectivity index (χ3n) is 3.69. The summed E-state index contributed by atoms with van der Waals surface area (Å²) in [5.41, 5.74) is 1.24. The van der Waals surface area contributed by atoms with Crippen molar-refractivity contribution in [2.75, 3.05) is 26.2 Å². The van der Waals surface area contributed by atoms with Gasteiger partial charge < -0.3 is 15.4 Å². The van der Waals surface area contributed by atoms with Crippen molar-refractivity contribution >= 4 is 15.9 Å². The molecule has 112 valence electrons. The lowest BCUT2D eigenvalue weighted by Crippen LogP contribution is -2.33. The Hall–Kier alpha value is -0.580. The lowest BCUT2D eigenvalue weighted by Gasteiger charge is -2.23. The predicted octanol–water partition coefficient (Wildman–Crippen LogP) is 3.33. The maximum atomic E-state index is 5.81. The summed E-state index contributed by atoms with van der Waals surface area (Å²) in [6, 6.07) is 6.25. The van der Waals surface area contributed by atoms with E-state index in [2.05, 4.69) is 45.6 Å². The highest BCUT2D eigenvalue weighted by Crippen LogP contribution is 2.23. The third-order valence-corrected chi connectivity index (χ3v) is 4.18. The van der Waals surface area contributed by atoms with Gasteiger partial charge in [-0.15, -0.1) is 0 Å². The molecular weight excluding hydrogens is 316 g/mol. The molecule has 1 aromatic rings. The van der Waals surface area contributed by atoms with Crippen molar-refractivity contribution in [3.8, 4) is 5.75 Å². The molecule has 0 amide bonds. The largest absolute Gasteiger partial charge is 0.493 e. The van der Waals surface area contributed by atoms with Gasteiger partial charge >= 0.3 is 0 Å². The second kappa shape index (κ2) is 8.65. The van der Waals surface area contributed by atoms with Crippen LogP contribution in [0.15, 0.2) is 22.7 Å². The van der Waals surface area contributed by atoms with Gasteiger partial charge in [0.2, 0.25) is 0 Å². The highest BCUT2D eigenvalue weighted by atomic mass is 79.9.